The van der Waals surface area contributed by atoms with Crippen LogP contribution in [-0.2, 0) is 6.42 Å². The monoisotopic (exact) mass is 350 g/mol. The lowest BCUT2D eigenvalue weighted by Gasteiger charge is -2.10. The topological polar surface area (TPSA) is 106 Å². The van der Waals surface area contributed by atoms with Crippen LogP contribution < -0.4 is 10.6 Å². The molecule has 0 atom stereocenters. The summed E-state index contributed by atoms with van der Waals surface area (Å²) in [4.78, 5) is 23.3. The lowest BCUT2D eigenvalue weighted by atomic mass is 10.1. The van der Waals surface area contributed by atoms with Crippen LogP contribution in [0.2, 0.25) is 0 Å². The zero-order valence-corrected chi connectivity index (χ0v) is 14.4. The van der Waals surface area contributed by atoms with E-state index in [0.717, 1.165) is 12.0 Å². The maximum absolute atomic E-state index is 11.6. The minimum Gasteiger partial charge on any atom is -0.334 e. The largest absolute Gasteiger partial charge is 0.353 e. The van der Waals surface area contributed by atoms with Crippen LogP contribution in [0.4, 0.5) is 28.8 Å². The molecule has 0 saturated carbocycles. The predicted molar refractivity (Wildman–Crippen MR) is 100 cm³/mol. The third-order valence-corrected chi connectivity index (χ3v) is 3.79. The number of anilines is 4. The van der Waals surface area contributed by atoms with E-state index in [4.69, 9.17) is 0 Å². The summed E-state index contributed by atoms with van der Waals surface area (Å²) in [5, 5.41) is 17.5. The molecule has 3 aromatic rings. The van der Waals surface area contributed by atoms with Crippen molar-refractivity contribution in [3.63, 3.8) is 0 Å². The van der Waals surface area contributed by atoms with Crippen LogP contribution in [0.3, 0.4) is 0 Å². The van der Waals surface area contributed by atoms with Gasteiger partial charge in [0.2, 0.25) is 11.6 Å². The molecule has 2 aromatic heterocycles. The van der Waals surface area contributed by atoms with E-state index in [1.165, 1.54) is 11.9 Å². The first-order valence-electron chi connectivity index (χ1n) is 8.12. The molecule has 0 unspecified atom stereocenters. The highest BCUT2D eigenvalue weighted by Crippen LogP contribution is 2.32. The normalized spacial score (nSPS) is 10.4. The fourth-order valence-electron chi connectivity index (χ4n) is 2.42. The standard InChI is InChI=1S/C18H18N6O2/c1-3-13-4-6-14(7-5-13)22-17-16(24(25)26)18(21-11-20-17)23-15-10-12(2)8-9-19-15/h4-11H,3H2,1-2H3,(H2,19,20,21,22,23). The lowest BCUT2D eigenvalue weighted by molar-refractivity contribution is -0.383. The Balaban J connectivity index is 1.93. The molecule has 0 aliphatic carbocycles. The SMILES string of the molecule is CCc1ccc(Nc2ncnc(Nc3cc(C)ccn3)c2[N+](=O)[O-])cc1. The Morgan fingerprint density at radius 2 is 1.73 bits per heavy atom. The maximum atomic E-state index is 11.6. The third-order valence-electron chi connectivity index (χ3n) is 3.79. The molecule has 0 fully saturated rings. The van der Waals surface area contributed by atoms with Gasteiger partial charge in [0.05, 0.1) is 4.92 Å². The molecule has 132 valence electrons. The van der Waals surface area contributed by atoms with Crippen molar-refractivity contribution in [1.29, 1.82) is 0 Å². The number of hydrogen-bond donors (Lipinski definition) is 2. The van der Waals surface area contributed by atoms with E-state index in [9.17, 15) is 10.1 Å². The first kappa shape index (κ1) is 17.3. The molecule has 2 N–H and O–H groups in total. The van der Waals surface area contributed by atoms with Crippen molar-refractivity contribution in [3.8, 4) is 0 Å². The fraction of sp³-hybridized carbons (Fsp3) is 0.167. The van der Waals surface area contributed by atoms with E-state index in [-0.39, 0.29) is 17.3 Å². The van der Waals surface area contributed by atoms with Gasteiger partial charge in [-0.3, -0.25) is 10.1 Å². The molecule has 26 heavy (non-hydrogen) atoms. The summed E-state index contributed by atoms with van der Waals surface area (Å²) < 4.78 is 0. The van der Waals surface area contributed by atoms with E-state index in [2.05, 4.69) is 32.5 Å². The molecule has 8 heteroatoms. The highest BCUT2D eigenvalue weighted by molar-refractivity contribution is 5.76. The average Bonchev–Trinajstić information content (AvgIpc) is 2.62. The van der Waals surface area contributed by atoms with E-state index < -0.39 is 4.92 Å². The number of hydrogen-bond acceptors (Lipinski definition) is 7. The Morgan fingerprint density at radius 1 is 1.04 bits per heavy atom. The first-order chi connectivity index (χ1) is 12.6. The molecule has 0 aliphatic rings. The minimum atomic E-state index is -0.513. The molecule has 1 aromatic carbocycles. The zero-order valence-electron chi connectivity index (χ0n) is 14.4. The summed E-state index contributed by atoms with van der Waals surface area (Å²) in [5.74, 6) is 0.672. The first-order valence-corrected chi connectivity index (χ1v) is 8.12. The van der Waals surface area contributed by atoms with Gasteiger partial charge in [0.1, 0.15) is 12.1 Å². The number of pyridine rings is 1. The average molecular weight is 350 g/mol. The third kappa shape index (κ3) is 3.92. The molecule has 0 saturated heterocycles. The molecule has 0 spiro atoms. The van der Waals surface area contributed by atoms with Crippen molar-refractivity contribution in [2.75, 3.05) is 10.6 Å². The van der Waals surface area contributed by atoms with Crippen LogP contribution in [0.25, 0.3) is 0 Å². The van der Waals surface area contributed by atoms with Gasteiger partial charge < -0.3 is 10.6 Å². The molecule has 0 aliphatic heterocycles. The summed E-state index contributed by atoms with van der Waals surface area (Å²) in [5.41, 5.74) is 2.63. The number of nitrogens with zero attached hydrogens (tertiary/aromatic N) is 4. The summed E-state index contributed by atoms with van der Waals surface area (Å²) in [6.07, 6.45) is 3.82. The van der Waals surface area contributed by atoms with Crippen molar-refractivity contribution in [3.05, 3.63) is 70.2 Å². The fourth-order valence-corrected chi connectivity index (χ4v) is 2.42. The molecule has 2 heterocycles. The number of nitro groups is 1. The Hall–Kier alpha value is -3.55. The lowest BCUT2D eigenvalue weighted by Crippen LogP contribution is -2.06. The number of aryl methyl sites for hydroxylation is 2. The van der Waals surface area contributed by atoms with Crippen molar-refractivity contribution < 1.29 is 4.92 Å². The quantitative estimate of drug-likeness (QED) is 0.508. The highest BCUT2D eigenvalue weighted by Gasteiger charge is 2.23. The van der Waals surface area contributed by atoms with Gasteiger partial charge in [-0.25, -0.2) is 15.0 Å². The van der Waals surface area contributed by atoms with E-state index in [1.807, 2.05) is 37.3 Å². The molecular formula is C18H18N6O2. The van der Waals surface area contributed by atoms with Gasteiger partial charge in [-0.05, 0) is 48.7 Å². The second-order valence-corrected chi connectivity index (χ2v) is 5.70. The summed E-state index contributed by atoms with van der Waals surface area (Å²) in [6, 6.07) is 11.3. The molecule has 0 amide bonds. The second kappa shape index (κ2) is 7.56. The molecule has 8 nitrogen and oxygen atoms in total. The highest BCUT2D eigenvalue weighted by atomic mass is 16.6. The predicted octanol–water partition coefficient (Wildman–Crippen LogP) is 4.14. The van der Waals surface area contributed by atoms with Gasteiger partial charge in [0.25, 0.3) is 0 Å². The van der Waals surface area contributed by atoms with Gasteiger partial charge in [-0.1, -0.05) is 19.1 Å². The summed E-state index contributed by atoms with van der Waals surface area (Å²) >= 11 is 0. The number of aromatic nitrogens is 3. The number of nitrogens with one attached hydrogen (secondary N) is 2. The molecular weight excluding hydrogens is 332 g/mol. The van der Waals surface area contributed by atoms with Crippen LogP contribution in [-0.4, -0.2) is 19.9 Å². The molecule has 3 rings (SSSR count). The second-order valence-electron chi connectivity index (χ2n) is 5.70. The van der Waals surface area contributed by atoms with Crippen molar-refractivity contribution in [2.45, 2.75) is 20.3 Å². The molecule has 0 radical (unpaired) electrons. The van der Waals surface area contributed by atoms with Gasteiger partial charge >= 0.3 is 5.69 Å². The Morgan fingerprint density at radius 3 is 2.35 bits per heavy atom. The van der Waals surface area contributed by atoms with Crippen molar-refractivity contribution >= 4 is 28.8 Å². The van der Waals surface area contributed by atoms with Gasteiger partial charge in [-0.2, -0.15) is 0 Å². The van der Waals surface area contributed by atoms with Crippen LogP contribution in [0.15, 0.2) is 48.9 Å². The summed E-state index contributed by atoms with van der Waals surface area (Å²) in [7, 11) is 0. The van der Waals surface area contributed by atoms with E-state index in [0.29, 0.717) is 11.5 Å². The van der Waals surface area contributed by atoms with Gasteiger partial charge in [-0.15, -0.1) is 0 Å². The minimum absolute atomic E-state index is 0.0794. The summed E-state index contributed by atoms with van der Waals surface area (Å²) in [6.45, 7) is 3.98. The Bertz CT molecular complexity index is 927. The maximum Gasteiger partial charge on any atom is 0.353 e. The van der Waals surface area contributed by atoms with Gasteiger partial charge in [0.15, 0.2) is 0 Å². The van der Waals surface area contributed by atoms with Crippen LogP contribution in [0.5, 0.6) is 0 Å². The van der Waals surface area contributed by atoms with Crippen molar-refractivity contribution in [2.24, 2.45) is 0 Å². The zero-order chi connectivity index (χ0) is 18.5. The number of rotatable bonds is 6. The molecule has 0 bridgehead atoms. The van der Waals surface area contributed by atoms with E-state index >= 15 is 0 Å². The van der Waals surface area contributed by atoms with Crippen LogP contribution in [0, 0.1) is 17.0 Å². The van der Waals surface area contributed by atoms with Crippen molar-refractivity contribution in [1.82, 2.24) is 15.0 Å². The van der Waals surface area contributed by atoms with Gasteiger partial charge in [0, 0.05) is 11.9 Å². The Kier molecular flexibility index (Phi) is 5.02. The number of benzene rings is 1. The smallest absolute Gasteiger partial charge is 0.334 e. The van der Waals surface area contributed by atoms with Crippen LogP contribution in [0.1, 0.15) is 18.1 Å². The van der Waals surface area contributed by atoms with E-state index in [1.54, 1.807) is 12.3 Å². The van der Waals surface area contributed by atoms with Crippen LogP contribution >= 0.6 is 0 Å². The Labute approximate surface area is 150 Å².